The molecule has 0 fully saturated rings. The number of hydrogen-bond donors (Lipinski definition) is 1. The predicted octanol–water partition coefficient (Wildman–Crippen LogP) is 2.22. The molecular weight excluding hydrogens is 174 g/mol. The molecule has 1 aromatic heterocycles. The van der Waals surface area contributed by atoms with Crippen LogP contribution >= 0.6 is 0 Å². The first-order chi connectivity index (χ1) is 6.69. The van der Waals surface area contributed by atoms with Crippen LogP contribution in [0.2, 0.25) is 0 Å². The highest BCUT2D eigenvalue weighted by Crippen LogP contribution is 2.13. The number of hydrogen-bond acceptors (Lipinski definition) is 2. The van der Waals surface area contributed by atoms with Gasteiger partial charge in [0.25, 0.3) is 0 Å². The van der Waals surface area contributed by atoms with Crippen molar-refractivity contribution >= 4 is 6.08 Å². The van der Waals surface area contributed by atoms with Crippen LogP contribution in [0, 0.1) is 0 Å². The van der Waals surface area contributed by atoms with Crippen molar-refractivity contribution in [2.45, 2.75) is 33.2 Å². The van der Waals surface area contributed by atoms with Crippen molar-refractivity contribution in [2.24, 2.45) is 5.73 Å². The van der Waals surface area contributed by atoms with E-state index in [0.29, 0.717) is 12.6 Å². The summed E-state index contributed by atoms with van der Waals surface area (Å²) < 4.78 is 2.14. The normalized spacial score (nSPS) is 12.5. The molecule has 0 spiro atoms. The number of rotatable bonds is 4. The van der Waals surface area contributed by atoms with Gasteiger partial charge in [-0.2, -0.15) is 0 Å². The Labute approximate surface area is 85.6 Å². The number of imidazole rings is 1. The van der Waals surface area contributed by atoms with Gasteiger partial charge in [0.2, 0.25) is 0 Å². The highest BCUT2D eigenvalue weighted by molar-refractivity contribution is 5.49. The van der Waals surface area contributed by atoms with Crippen LogP contribution < -0.4 is 5.73 Å². The SMILES string of the molecule is CCC(=Cc1cncn1C(C)C)CN. The molecule has 0 aromatic carbocycles. The van der Waals surface area contributed by atoms with E-state index >= 15 is 0 Å². The van der Waals surface area contributed by atoms with Crippen LogP contribution in [0.3, 0.4) is 0 Å². The molecule has 3 nitrogen and oxygen atoms in total. The largest absolute Gasteiger partial charge is 0.329 e. The van der Waals surface area contributed by atoms with E-state index < -0.39 is 0 Å². The van der Waals surface area contributed by atoms with Crippen molar-refractivity contribution in [3.63, 3.8) is 0 Å². The fourth-order valence-corrected chi connectivity index (χ4v) is 1.37. The highest BCUT2D eigenvalue weighted by atomic mass is 15.1. The monoisotopic (exact) mass is 193 g/mol. The average Bonchev–Trinajstić information content (AvgIpc) is 2.62. The lowest BCUT2D eigenvalue weighted by molar-refractivity contribution is 0.595. The first kappa shape index (κ1) is 11.0. The van der Waals surface area contributed by atoms with Gasteiger partial charge < -0.3 is 10.3 Å². The maximum atomic E-state index is 5.63. The van der Waals surface area contributed by atoms with Gasteiger partial charge in [0, 0.05) is 12.6 Å². The molecule has 1 rings (SSSR count). The lowest BCUT2D eigenvalue weighted by Gasteiger charge is -2.09. The zero-order valence-electron chi connectivity index (χ0n) is 9.20. The molecule has 0 aliphatic rings. The Morgan fingerprint density at radius 2 is 2.36 bits per heavy atom. The maximum Gasteiger partial charge on any atom is 0.0953 e. The fourth-order valence-electron chi connectivity index (χ4n) is 1.37. The number of nitrogens with two attached hydrogens (primary N) is 1. The quantitative estimate of drug-likeness (QED) is 0.796. The topological polar surface area (TPSA) is 43.8 Å². The minimum atomic E-state index is 0.444. The second-order valence-corrected chi connectivity index (χ2v) is 3.68. The van der Waals surface area contributed by atoms with Crippen LogP contribution in [-0.2, 0) is 0 Å². The molecule has 78 valence electrons. The summed E-state index contributed by atoms with van der Waals surface area (Å²) in [7, 11) is 0. The van der Waals surface area contributed by atoms with Gasteiger partial charge in [0.1, 0.15) is 0 Å². The van der Waals surface area contributed by atoms with Gasteiger partial charge in [-0.05, 0) is 26.3 Å². The molecule has 0 unspecified atom stereocenters. The van der Waals surface area contributed by atoms with Crippen LogP contribution in [0.4, 0.5) is 0 Å². The Hall–Kier alpha value is -1.09. The van der Waals surface area contributed by atoms with E-state index in [1.54, 1.807) is 0 Å². The molecule has 14 heavy (non-hydrogen) atoms. The summed E-state index contributed by atoms with van der Waals surface area (Å²) in [5, 5.41) is 0. The smallest absolute Gasteiger partial charge is 0.0953 e. The molecule has 0 aliphatic heterocycles. The lowest BCUT2D eigenvalue weighted by atomic mass is 10.1. The molecule has 0 aliphatic carbocycles. The Morgan fingerprint density at radius 1 is 1.64 bits per heavy atom. The zero-order chi connectivity index (χ0) is 10.6. The van der Waals surface area contributed by atoms with E-state index in [4.69, 9.17) is 5.73 Å². The van der Waals surface area contributed by atoms with E-state index in [1.807, 2.05) is 12.5 Å². The average molecular weight is 193 g/mol. The molecule has 0 amide bonds. The van der Waals surface area contributed by atoms with E-state index in [1.165, 1.54) is 5.57 Å². The third kappa shape index (κ3) is 2.45. The Bertz CT molecular complexity index is 304. The van der Waals surface area contributed by atoms with Crippen molar-refractivity contribution in [2.75, 3.05) is 6.54 Å². The first-order valence-electron chi connectivity index (χ1n) is 5.10. The molecule has 1 heterocycles. The molecule has 0 saturated carbocycles. The minimum absolute atomic E-state index is 0.444. The van der Waals surface area contributed by atoms with Gasteiger partial charge in [0.05, 0.1) is 18.2 Å². The molecule has 2 N–H and O–H groups in total. The molecule has 3 heteroatoms. The molecular formula is C11H19N3. The fraction of sp³-hybridized carbons (Fsp3) is 0.545. The third-order valence-corrected chi connectivity index (χ3v) is 2.32. The molecule has 0 saturated heterocycles. The van der Waals surface area contributed by atoms with Crippen LogP contribution in [-0.4, -0.2) is 16.1 Å². The van der Waals surface area contributed by atoms with E-state index in [2.05, 4.69) is 36.4 Å². The zero-order valence-corrected chi connectivity index (χ0v) is 9.20. The Balaban J connectivity index is 2.95. The van der Waals surface area contributed by atoms with Crippen LogP contribution in [0.1, 0.15) is 38.9 Å². The molecule has 0 bridgehead atoms. The summed E-state index contributed by atoms with van der Waals surface area (Å²) >= 11 is 0. The molecule has 1 aromatic rings. The lowest BCUT2D eigenvalue weighted by Crippen LogP contribution is -2.05. The maximum absolute atomic E-state index is 5.63. The summed E-state index contributed by atoms with van der Waals surface area (Å²) in [4.78, 5) is 4.14. The van der Waals surface area contributed by atoms with Crippen molar-refractivity contribution in [3.8, 4) is 0 Å². The second kappa shape index (κ2) is 4.96. The second-order valence-electron chi connectivity index (χ2n) is 3.68. The first-order valence-corrected chi connectivity index (χ1v) is 5.10. The van der Waals surface area contributed by atoms with Crippen molar-refractivity contribution in [1.29, 1.82) is 0 Å². The Kier molecular flexibility index (Phi) is 3.89. The third-order valence-electron chi connectivity index (χ3n) is 2.32. The summed E-state index contributed by atoms with van der Waals surface area (Å²) in [6.07, 6.45) is 6.87. The van der Waals surface area contributed by atoms with Crippen molar-refractivity contribution in [3.05, 3.63) is 23.8 Å². The van der Waals surface area contributed by atoms with Gasteiger partial charge in [0.15, 0.2) is 0 Å². The summed E-state index contributed by atoms with van der Waals surface area (Å²) in [5.41, 5.74) is 8.03. The standard InChI is InChI=1S/C11H19N3/c1-4-10(6-12)5-11-7-13-8-14(11)9(2)3/h5,7-9H,4,6,12H2,1-3H3. The molecule has 0 atom stereocenters. The van der Waals surface area contributed by atoms with E-state index in [9.17, 15) is 0 Å². The highest BCUT2D eigenvalue weighted by Gasteiger charge is 2.03. The van der Waals surface area contributed by atoms with E-state index in [0.717, 1.165) is 12.1 Å². The summed E-state index contributed by atoms with van der Waals surface area (Å²) in [5.74, 6) is 0. The minimum Gasteiger partial charge on any atom is -0.329 e. The van der Waals surface area contributed by atoms with Crippen molar-refractivity contribution in [1.82, 2.24) is 9.55 Å². The number of nitrogens with zero attached hydrogens (tertiary/aromatic N) is 2. The van der Waals surface area contributed by atoms with Gasteiger partial charge in [-0.15, -0.1) is 0 Å². The number of aromatic nitrogens is 2. The van der Waals surface area contributed by atoms with Gasteiger partial charge in [-0.1, -0.05) is 12.5 Å². The van der Waals surface area contributed by atoms with Gasteiger partial charge in [-0.25, -0.2) is 4.98 Å². The van der Waals surface area contributed by atoms with Crippen LogP contribution in [0.25, 0.3) is 6.08 Å². The van der Waals surface area contributed by atoms with Gasteiger partial charge >= 0.3 is 0 Å². The molecule has 0 radical (unpaired) electrons. The predicted molar refractivity (Wildman–Crippen MR) is 59.9 cm³/mol. The summed E-state index contributed by atoms with van der Waals surface area (Å²) in [6, 6.07) is 0.444. The Morgan fingerprint density at radius 3 is 2.86 bits per heavy atom. The van der Waals surface area contributed by atoms with Gasteiger partial charge in [-0.3, -0.25) is 0 Å². The van der Waals surface area contributed by atoms with Crippen LogP contribution in [0.5, 0.6) is 0 Å². The summed E-state index contributed by atoms with van der Waals surface area (Å²) in [6.45, 7) is 7.04. The van der Waals surface area contributed by atoms with Crippen molar-refractivity contribution < 1.29 is 0 Å². The van der Waals surface area contributed by atoms with E-state index in [-0.39, 0.29) is 0 Å². The van der Waals surface area contributed by atoms with Crippen LogP contribution in [0.15, 0.2) is 18.1 Å².